The Kier molecular flexibility index (Phi) is 1.91. The third-order valence-corrected chi connectivity index (χ3v) is 1.25. The fourth-order valence-corrected chi connectivity index (χ4v) is 0.662. The molecular weight excluding hydrogens is 132 g/mol. The molecule has 0 heterocycles. The minimum absolute atomic E-state index is 0.709. The molecule has 1 aromatic rings. The molecular formula is C8H6Cl. The molecule has 0 nitrogen and oxygen atoms in total. The second kappa shape index (κ2) is 2.70. The van der Waals surface area contributed by atoms with Crippen molar-refractivity contribution in [3.63, 3.8) is 0 Å². The number of rotatable bonds is 1. The average Bonchev–Trinajstić information content (AvgIpc) is 1.90. The van der Waals surface area contributed by atoms with Gasteiger partial charge in [0.15, 0.2) is 0 Å². The smallest absolute Gasteiger partial charge is 0.0412 e. The van der Waals surface area contributed by atoms with Crippen LogP contribution in [-0.2, 0) is 0 Å². The van der Waals surface area contributed by atoms with Gasteiger partial charge in [0.2, 0.25) is 0 Å². The third-order valence-electron chi connectivity index (χ3n) is 1.02. The van der Waals surface area contributed by atoms with Gasteiger partial charge in [0.05, 0.1) is 0 Å². The lowest BCUT2D eigenvalue weighted by molar-refractivity contribution is 1.64. The number of hydrogen-bond donors (Lipinski definition) is 0. The zero-order chi connectivity index (χ0) is 6.69. The molecule has 0 atom stereocenters. The summed E-state index contributed by atoms with van der Waals surface area (Å²) in [6.07, 6.45) is 1.73. The van der Waals surface area contributed by atoms with E-state index < -0.39 is 0 Å². The first-order valence-electron chi connectivity index (χ1n) is 2.62. The van der Waals surface area contributed by atoms with Crippen molar-refractivity contribution in [1.82, 2.24) is 0 Å². The molecule has 0 aliphatic heterocycles. The summed E-state index contributed by atoms with van der Waals surface area (Å²) in [6, 6.07) is 8.34. The summed E-state index contributed by atoms with van der Waals surface area (Å²) in [6.45, 7) is 3.59. The van der Waals surface area contributed by atoms with Crippen LogP contribution in [0, 0.1) is 6.07 Å². The summed E-state index contributed by atoms with van der Waals surface area (Å²) in [5.74, 6) is 0. The second-order valence-corrected chi connectivity index (χ2v) is 2.10. The Labute approximate surface area is 59.8 Å². The van der Waals surface area contributed by atoms with Gasteiger partial charge in [-0.1, -0.05) is 30.3 Å². The fourth-order valence-electron chi connectivity index (χ4n) is 0.545. The SMILES string of the molecule is C=Cc1[c]cc(Cl)cc1. The Hall–Kier alpha value is -0.750. The van der Waals surface area contributed by atoms with Crippen LogP contribution in [0.2, 0.25) is 5.02 Å². The minimum Gasteiger partial charge on any atom is -0.0984 e. The van der Waals surface area contributed by atoms with Gasteiger partial charge in [-0.25, -0.2) is 0 Å². The Morgan fingerprint density at radius 2 is 2.33 bits per heavy atom. The highest BCUT2D eigenvalue weighted by Gasteiger charge is 1.84. The lowest BCUT2D eigenvalue weighted by atomic mass is 10.2. The van der Waals surface area contributed by atoms with Crippen molar-refractivity contribution in [1.29, 1.82) is 0 Å². The van der Waals surface area contributed by atoms with E-state index in [-0.39, 0.29) is 0 Å². The van der Waals surface area contributed by atoms with Gasteiger partial charge in [-0.05, 0) is 23.8 Å². The highest BCUT2D eigenvalue weighted by Crippen LogP contribution is 2.08. The molecule has 0 aliphatic rings. The van der Waals surface area contributed by atoms with Crippen molar-refractivity contribution < 1.29 is 0 Å². The van der Waals surface area contributed by atoms with E-state index >= 15 is 0 Å². The maximum absolute atomic E-state index is 5.60. The Morgan fingerprint density at radius 1 is 1.56 bits per heavy atom. The Bertz CT molecular complexity index is 198. The van der Waals surface area contributed by atoms with Crippen molar-refractivity contribution in [2.75, 3.05) is 0 Å². The molecule has 1 rings (SSSR count). The molecule has 0 saturated carbocycles. The van der Waals surface area contributed by atoms with Gasteiger partial charge in [-0.2, -0.15) is 0 Å². The number of halogens is 1. The lowest BCUT2D eigenvalue weighted by Gasteiger charge is -1.88. The van der Waals surface area contributed by atoms with E-state index in [2.05, 4.69) is 12.6 Å². The summed E-state index contributed by atoms with van der Waals surface area (Å²) in [4.78, 5) is 0. The van der Waals surface area contributed by atoms with Crippen LogP contribution in [0.4, 0.5) is 0 Å². The minimum atomic E-state index is 0.709. The molecule has 0 bridgehead atoms. The quantitative estimate of drug-likeness (QED) is 0.559. The van der Waals surface area contributed by atoms with Crippen molar-refractivity contribution in [2.24, 2.45) is 0 Å². The highest BCUT2D eigenvalue weighted by molar-refractivity contribution is 6.30. The van der Waals surface area contributed by atoms with Crippen molar-refractivity contribution in [3.05, 3.63) is 41.4 Å². The fraction of sp³-hybridized carbons (Fsp3) is 0. The van der Waals surface area contributed by atoms with Crippen molar-refractivity contribution >= 4 is 17.7 Å². The molecule has 0 fully saturated rings. The van der Waals surface area contributed by atoms with E-state index in [0.717, 1.165) is 5.56 Å². The van der Waals surface area contributed by atoms with E-state index in [0.29, 0.717) is 5.02 Å². The molecule has 1 aromatic carbocycles. The lowest BCUT2D eigenvalue weighted by Crippen LogP contribution is -1.68. The van der Waals surface area contributed by atoms with Crippen LogP contribution in [0.15, 0.2) is 24.8 Å². The zero-order valence-electron chi connectivity index (χ0n) is 4.89. The van der Waals surface area contributed by atoms with Gasteiger partial charge < -0.3 is 0 Å². The standard InChI is InChI=1S/C8H6Cl/c1-2-7-3-5-8(9)6-4-7/h2-3,5-6H,1H2. The monoisotopic (exact) mass is 137 g/mol. The average molecular weight is 138 g/mol. The van der Waals surface area contributed by atoms with E-state index in [9.17, 15) is 0 Å². The molecule has 45 valence electrons. The first kappa shape index (κ1) is 6.37. The van der Waals surface area contributed by atoms with Crippen molar-refractivity contribution in [2.45, 2.75) is 0 Å². The number of benzene rings is 1. The zero-order valence-corrected chi connectivity index (χ0v) is 5.65. The molecule has 0 N–H and O–H groups in total. The van der Waals surface area contributed by atoms with Crippen LogP contribution in [0.3, 0.4) is 0 Å². The van der Waals surface area contributed by atoms with Gasteiger partial charge in [-0.3, -0.25) is 0 Å². The van der Waals surface area contributed by atoms with Gasteiger partial charge in [0, 0.05) is 5.02 Å². The third kappa shape index (κ3) is 1.58. The van der Waals surface area contributed by atoms with Crippen LogP contribution < -0.4 is 0 Å². The van der Waals surface area contributed by atoms with Gasteiger partial charge in [-0.15, -0.1) is 0 Å². The van der Waals surface area contributed by atoms with E-state index in [1.807, 2.05) is 12.1 Å². The topological polar surface area (TPSA) is 0 Å². The van der Waals surface area contributed by atoms with Crippen LogP contribution in [0.25, 0.3) is 6.08 Å². The molecule has 1 radical (unpaired) electrons. The molecule has 0 aromatic heterocycles. The van der Waals surface area contributed by atoms with Crippen LogP contribution in [-0.4, -0.2) is 0 Å². The van der Waals surface area contributed by atoms with E-state index in [1.165, 1.54) is 0 Å². The molecule has 0 saturated heterocycles. The molecule has 0 aliphatic carbocycles. The predicted octanol–water partition coefficient (Wildman–Crippen LogP) is 2.78. The predicted molar refractivity (Wildman–Crippen MR) is 40.4 cm³/mol. The molecule has 0 spiro atoms. The first-order chi connectivity index (χ1) is 4.33. The summed E-state index contributed by atoms with van der Waals surface area (Å²) < 4.78 is 0. The van der Waals surface area contributed by atoms with Gasteiger partial charge in [0.25, 0.3) is 0 Å². The van der Waals surface area contributed by atoms with Crippen molar-refractivity contribution in [3.8, 4) is 0 Å². The first-order valence-corrected chi connectivity index (χ1v) is 3.00. The Balaban J connectivity index is 3.01. The highest BCUT2D eigenvalue weighted by atomic mass is 35.5. The van der Waals surface area contributed by atoms with E-state index in [4.69, 9.17) is 11.6 Å². The van der Waals surface area contributed by atoms with Crippen LogP contribution in [0.5, 0.6) is 0 Å². The summed E-state index contributed by atoms with van der Waals surface area (Å²) >= 11 is 5.60. The normalized spacial score (nSPS) is 9.00. The summed E-state index contributed by atoms with van der Waals surface area (Å²) in [5.41, 5.74) is 0.972. The summed E-state index contributed by atoms with van der Waals surface area (Å²) in [5, 5.41) is 0.709. The molecule has 9 heavy (non-hydrogen) atoms. The Morgan fingerprint density at radius 3 is 2.78 bits per heavy atom. The van der Waals surface area contributed by atoms with Crippen LogP contribution in [0.1, 0.15) is 5.56 Å². The van der Waals surface area contributed by atoms with Crippen LogP contribution >= 0.6 is 11.6 Å². The largest absolute Gasteiger partial charge is 0.0984 e. The van der Waals surface area contributed by atoms with Gasteiger partial charge in [0.1, 0.15) is 0 Å². The molecule has 0 amide bonds. The number of hydrogen-bond acceptors (Lipinski definition) is 0. The maximum atomic E-state index is 5.60. The van der Waals surface area contributed by atoms with E-state index in [1.54, 1.807) is 12.1 Å². The van der Waals surface area contributed by atoms with Gasteiger partial charge >= 0.3 is 0 Å². The molecule has 1 heteroatoms. The summed E-state index contributed by atoms with van der Waals surface area (Å²) in [7, 11) is 0. The molecule has 0 unspecified atom stereocenters. The second-order valence-electron chi connectivity index (χ2n) is 1.67. The maximum Gasteiger partial charge on any atom is 0.0412 e.